The van der Waals surface area contributed by atoms with Crippen LogP contribution in [0.25, 0.3) is 0 Å². The number of carboxylic acids is 1. The first kappa shape index (κ1) is 27.3. The lowest BCUT2D eigenvalue weighted by molar-refractivity contribution is -0.287. The summed E-state index contributed by atoms with van der Waals surface area (Å²) in [4.78, 5) is 13.0. The molecule has 2 N–H and O–H groups in total. The summed E-state index contributed by atoms with van der Waals surface area (Å²) in [5, 5.41) is 20.8. The average Bonchev–Trinajstić information content (AvgIpc) is 3.17. The number of ether oxygens (including phenoxy) is 1. The van der Waals surface area contributed by atoms with E-state index >= 15 is 0 Å². The van der Waals surface area contributed by atoms with Gasteiger partial charge < -0.3 is 15.2 Å². The summed E-state index contributed by atoms with van der Waals surface area (Å²) in [5.41, 5.74) is -2.12. The van der Waals surface area contributed by atoms with Crippen molar-refractivity contribution >= 4 is 33.0 Å². The van der Waals surface area contributed by atoms with E-state index in [9.17, 15) is 40.3 Å². The van der Waals surface area contributed by atoms with Crippen LogP contribution in [0.5, 0.6) is 5.75 Å². The van der Waals surface area contributed by atoms with Crippen molar-refractivity contribution in [2.24, 2.45) is 0 Å². The predicted octanol–water partition coefficient (Wildman–Crippen LogP) is 4.58. The lowest BCUT2D eigenvalue weighted by Crippen LogP contribution is -2.32. The number of nitrogens with one attached hydrogen (secondary N) is 1. The summed E-state index contributed by atoms with van der Waals surface area (Å²) in [6.07, 6.45) is -4.86. The van der Waals surface area contributed by atoms with Gasteiger partial charge >= 0.3 is 18.1 Å². The number of halogens is 5. The molecule has 2 aromatic heterocycles. The van der Waals surface area contributed by atoms with Gasteiger partial charge in [-0.2, -0.15) is 27.2 Å². The number of sulfone groups is 1. The zero-order chi connectivity index (χ0) is 26.1. The second kappa shape index (κ2) is 9.34. The van der Waals surface area contributed by atoms with Crippen molar-refractivity contribution in [3.05, 3.63) is 33.6 Å². The molecule has 2 aromatic rings. The maximum Gasteiger partial charge on any atom is 0.458 e. The molecule has 0 bridgehead atoms. The smallest absolute Gasteiger partial charge is 0.458 e. The van der Waals surface area contributed by atoms with Gasteiger partial charge in [-0.25, -0.2) is 18.2 Å². The van der Waals surface area contributed by atoms with Crippen molar-refractivity contribution in [3.8, 4) is 11.8 Å². The first-order chi connectivity index (χ1) is 15.4. The fraction of sp³-hybridized carbons (Fsp3) is 0.421. The molecule has 0 aliphatic carbocycles. The molecule has 34 heavy (non-hydrogen) atoms. The normalized spacial score (nSPS) is 12.8. The number of carboxylic acid groups (broad SMARTS) is 1. The van der Waals surface area contributed by atoms with Crippen LogP contribution in [-0.4, -0.2) is 42.0 Å². The second-order valence-electron chi connectivity index (χ2n) is 7.32. The molecule has 2 heterocycles. The first-order valence-corrected chi connectivity index (χ1v) is 11.8. The average molecular weight is 527 g/mol. The molecular weight excluding hydrogens is 509 g/mol. The van der Waals surface area contributed by atoms with Gasteiger partial charge in [0.1, 0.15) is 22.5 Å². The topological polar surface area (TPSA) is 129 Å². The maximum atomic E-state index is 13.7. The molecule has 0 unspecified atom stereocenters. The number of nitriles is 1. The molecular formula is C19H18F5N3O5S2. The van der Waals surface area contributed by atoms with E-state index in [0.29, 0.717) is 0 Å². The highest BCUT2D eigenvalue weighted by molar-refractivity contribution is 7.91. The number of thiophene rings is 1. The highest BCUT2D eigenvalue weighted by Crippen LogP contribution is 2.47. The summed E-state index contributed by atoms with van der Waals surface area (Å²) in [7, 11) is -3.95. The fourth-order valence-electron chi connectivity index (χ4n) is 2.52. The lowest BCUT2D eigenvalue weighted by Gasteiger charge is -2.19. The Bertz CT molecular complexity index is 1230. The standard InChI is InChI=1S/C19H18F5N3O5S2/c1-4-34(30,31)13-5-10(32-17(2,3)9-25)7-26-15(13)27-8-12-11(16(28)29)6-14(33-12)18(20,21)19(22,23)24/h5-7H,4,8H2,1-3H3,(H,26,27)(H,28,29). The van der Waals surface area contributed by atoms with Gasteiger partial charge in [0.2, 0.25) is 0 Å². The third-order valence-corrected chi connectivity index (χ3v) is 7.25. The molecule has 0 spiro atoms. The van der Waals surface area contributed by atoms with Crippen LogP contribution >= 0.6 is 11.3 Å². The Hall–Kier alpha value is -2.99. The quantitative estimate of drug-likeness (QED) is 0.454. The Morgan fingerprint density at radius 1 is 1.26 bits per heavy atom. The lowest BCUT2D eigenvalue weighted by atomic mass is 10.2. The van der Waals surface area contributed by atoms with E-state index in [-0.39, 0.29) is 34.7 Å². The SMILES string of the molecule is CCS(=O)(=O)c1cc(OC(C)(C)C#N)cnc1NCc1sc(C(F)(F)C(F)(F)F)cc1C(=O)O. The molecule has 0 fully saturated rings. The van der Waals surface area contributed by atoms with E-state index in [0.717, 1.165) is 12.3 Å². The van der Waals surface area contributed by atoms with Gasteiger partial charge in [-0.05, 0) is 19.9 Å². The van der Waals surface area contributed by atoms with Gasteiger partial charge in [0, 0.05) is 10.9 Å². The van der Waals surface area contributed by atoms with Crippen molar-refractivity contribution in [2.75, 3.05) is 11.1 Å². The minimum Gasteiger partial charge on any atom is -0.478 e. The van der Waals surface area contributed by atoms with Crippen LogP contribution in [0, 0.1) is 11.3 Å². The molecule has 0 saturated heterocycles. The largest absolute Gasteiger partial charge is 0.478 e. The molecule has 8 nitrogen and oxygen atoms in total. The monoisotopic (exact) mass is 527 g/mol. The summed E-state index contributed by atoms with van der Waals surface area (Å²) in [6.45, 7) is 3.57. The Kier molecular flexibility index (Phi) is 7.48. The van der Waals surface area contributed by atoms with Gasteiger partial charge in [-0.15, -0.1) is 11.3 Å². The number of hydrogen-bond acceptors (Lipinski definition) is 8. The third-order valence-electron chi connectivity index (χ3n) is 4.31. The number of alkyl halides is 5. The zero-order valence-electron chi connectivity index (χ0n) is 17.8. The Labute approximate surface area is 194 Å². The Morgan fingerprint density at radius 2 is 1.88 bits per heavy atom. The maximum absolute atomic E-state index is 13.7. The van der Waals surface area contributed by atoms with Crippen molar-refractivity contribution in [3.63, 3.8) is 0 Å². The second-order valence-corrected chi connectivity index (χ2v) is 10.7. The summed E-state index contributed by atoms with van der Waals surface area (Å²) in [5.74, 6) is -7.78. The molecule has 0 atom stereocenters. The van der Waals surface area contributed by atoms with Gasteiger partial charge in [0.25, 0.3) is 0 Å². The van der Waals surface area contributed by atoms with E-state index in [4.69, 9.17) is 10.00 Å². The molecule has 2 rings (SSSR count). The molecule has 0 aliphatic heterocycles. The number of nitrogens with zero attached hydrogens (tertiary/aromatic N) is 2. The van der Waals surface area contributed by atoms with Crippen LogP contribution in [0.15, 0.2) is 23.2 Å². The molecule has 0 radical (unpaired) electrons. The Morgan fingerprint density at radius 3 is 2.38 bits per heavy atom. The highest BCUT2D eigenvalue weighted by Gasteiger charge is 2.60. The van der Waals surface area contributed by atoms with E-state index in [2.05, 4.69) is 10.3 Å². The summed E-state index contributed by atoms with van der Waals surface area (Å²) < 4.78 is 95.9. The molecule has 15 heteroatoms. The predicted molar refractivity (Wildman–Crippen MR) is 111 cm³/mol. The fourth-order valence-corrected chi connectivity index (χ4v) is 4.64. The van der Waals surface area contributed by atoms with E-state index in [1.54, 1.807) is 0 Å². The van der Waals surface area contributed by atoms with Crippen LogP contribution in [0.2, 0.25) is 0 Å². The minimum atomic E-state index is -5.94. The van der Waals surface area contributed by atoms with Gasteiger partial charge in [-0.3, -0.25) is 0 Å². The van der Waals surface area contributed by atoms with E-state index < -0.39 is 60.3 Å². The first-order valence-electron chi connectivity index (χ1n) is 9.33. The number of pyridine rings is 1. The number of anilines is 1. The summed E-state index contributed by atoms with van der Waals surface area (Å²) >= 11 is -0.0773. The van der Waals surface area contributed by atoms with E-state index in [1.807, 2.05) is 6.07 Å². The molecule has 186 valence electrons. The van der Waals surface area contributed by atoms with Crippen LogP contribution in [0.1, 0.15) is 40.9 Å². The zero-order valence-corrected chi connectivity index (χ0v) is 19.5. The van der Waals surface area contributed by atoms with Gasteiger partial charge in [-0.1, -0.05) is 6.92 Å². The minimum absolute atomic E-state index is 0.0708. The molecule has 0 aliphatic rings. The number of hydrogen-bond donors (Lipinski definition) is 2. The van der Waals surface area contributed by atoms with Crippen LogP contribution in [0.3, 0.4) is 0 Å². The van der Waals surface area contributed by atoms with E-state index in [1.165, 1.54) is 20.8 Å². The number of carbonyl (C=O) groups is 1. The summed E-state index contributed by atoms with van der Waals surface area (Å²) in [6, 6.07) is 3.16. The molecule has 0 saturated carbocycles. The Balaban J connectivity index is 2.47. The third kappa shape index (κ3) is 5.73. The molecule has 0 aromatic carbocycles. The van der Waals surface area contributed by atoms with Gasteiger partial charge in [0.15, 0.2) is 15.4 Å². The van der Waals surface area contributed by atoms with Crippen LogP contribution in [0.4, 0.5) is 27.8 Å². The van der Waals surface area contributed by atoms with Crippen LogP contribution in [-0.2, 0) is 22.3 Å². The van der Waals surface area contributed by atoms with Crippen molar-refractivity contribution < 1.29 is 45.0 Å². The van der Waals surface area contributed by atoms with Crippen molar-refractivity contribution in [1.29, 1.82) is 5.26 Å². The molecule has 0 amide bonds. The van der Waals surface area contributed by atoms with Gasteiger partial charge in [0.05, 0.1) is 28.9 Å². The number of aromatic nitrogens is 1. The highest BCUT2D eigenvalue weighted by atomic mass is 32.2. The van der Waals surface area contributed by atoms with Crippen LogP contribution < -0.4 is 10.1 Å². The van der Waals surface area contributed by atoms with Crippen molar-refractivity contribution in [2.45, 2.75) is 49.9 Å². The van der Waals surface area contributed by atoms with Crippen molar-refractivity contribution in [1.82, 2.24) is 4.98 Å². The number of rotatable bonds is 9. The number of aromatic carboxylic acids is 1.